The summed E-state index contributed by atoms with van der Waals surface area (Å²) in [7, 11) is 0. The molecule has 1 N–H and O–H groups in total. The third-order valence-electron chi connectivity index (χ3n) is 4.28. The van der Waals surface area contributed by atoms with Crippen LogP contribution in [0.2, 0.25) is 10.0 Å². The first-order valence-corrected chi connectivity index (χ1v) is 11.4. The van der Waals surface area contributed by atoms with E-state index in [1.807, 2.05) is 28.8 Å². The first-order chi connectivity index (χ1) is 15.0. The van der Waals surface area contributed by atoms with Crippen LogP contribution in [-0.2, 0) is 24.4 Å². The summed E-state index contributed by atoms with van der Waals surface area (Å²) >= 11 is 13.2. The van der Waals surface area contributed by atoms with Crippen LogP contribution in [0.15, 0.2) is 60.3 Å². The Morgan fingerprint density at radius 3 is 2.55 bits per heavy atom. The third kappa shape index (κ3) is 6.75. The topological polar surface area (TPSA) is 69.0 Å². The lowest BCUT2D eigenvalue weighted by molar-refractivity contribution is -0.113. The number of amides is 1. The summed E-state index contributed by atoms with van der Waals surface area (Å²) in [6.45, 7) is 6.67. The van der Waals surface area contributed by atoms with Gasteiger partial charge in [-0.3, -0.25) is 9.36 Å². The number of hydrogen-bond donors (Lipinski definition) is 1. The molecule has 0 atom stereocenters. The molecule has 0 spiro atoms. The van der Waals surface area contributed by atoms with E-state index in [-0.39, 0.29) is 18.3 Å². The number of nitrogens with one attached hydrogen (secondary N) is 1. The van der Waals surface area contributed by atoms with Crippen LogP contribution in [-0.4, -0.2) is 26.4 Å². The van der Waals surface area contributed by atoms with Crippen molar-refractivity contribution in [2.45, 2.75) is 31.7 Å². The predicted molar refractivity (Wildman–Crippen MR) is 126 cm³/mol. The van der Waals surface area contributed by atoms with Gasteiger partial charge in [-0.1, -0.05) is 60.1 Å². The molecule has 6 nitrogen and oxygen atoms in total. The molecule has 162 valence electrons. The molecule has 1 aromatic heterocycles. The number of aryl methyl sites for hydroxylation is 1. The number of hydrogen-bond acceptors (Lipinski definition) is 5. The Bertz CT molecular complexity index is 1030. The van der Waals surface area contributed by atoms with Gasteiger partial charge in [-0.15, -0.1) is 16.8 Å². The van der Waals surface area contributed by atoms with E-state index in [4.69, 9.17) is 27.9 Å². The summed E-state index contributed by atoms with van der Waals surface area (Å²) in [5, 5.41) is 12.7. The smallest absolute Gasteiger partial charge is 0.234 e. The summed E-state index contributed by atoms with van der Waals surface area (Å²) in [6, 6.07) is 12.8. The summed E-state index contributed by atoms with van der Waals surface area (Å²) in [5.41, 5.74) is 1.79. The van der Waals surface area contributed by atoms with E-state index in [9.17, 15) is 4.79 Å². The lowest BCUT2D eigenvalue weighted by Gasteiger charge is -2.10. The molecule has 1 amide bonds. The minimum atomic E-state index is -0.203. The van der Waals surface area contributed by atoms with Crippen molar-refractivity contribution >= 4 is 46.6 Å². The van der Waals surface area contributed by atoms with Crippen molar-refractivity contribution in [3.05, 3.63) is 76.6 Å². The Morgan fingerprint density at radius 1 is 1.19 bits per heavy atom. The number of nitrogens with zero attached hydrogens (tertiary/aromatic N) is 3. The molecule has 0 aliphatic rings. The van der Waals surface area contributed by atoms with Gasteiger partial charge in [0.15, 0.2) is 11.0 Å². The molecule has 0 saturated carbocycles. The number of carbonyl (C=O) groups is 1. The molecule has 1 heterocycles. The molecule has 0 aliphatic heterocycles. The second kappa shape index (κ2) is 11.2. The number of aromatic nitrogens is 3. The highest BCUT2D eigenvalue weighted by atomic mass is 35.5. The Balaban J connectivity index is 1.61. The molecule has 0 unspecified atom stereocenters. The third-order valence-corrected chi connectivity index (χ3v) is 5.69. The Labute approximate surface area is 195 Å². The van der Waals surface area contributed by atoms with Crippen LogP contribution in [0.5, 0.6) is 5.75 Å². The van der Waals surface area contributed by atoms with Crippen molar-refractivity contribution in [2.75, 3.05) is 11.1 Å². The van der Waals surface area contributed by atoms with Crippen molar-refractivity contribution in [3.63, 3.8) is 0 Å². The molecule has 0 radical (unpaired) electrons. The minimum absolute atomic E-state index is 0.152. The number of benzene rings is 2. The highest BCUT2D eigenvalue weighted by molar-refractivity contribution is 7.99. The van der Waals surface area contributed by atoms with Gasteiger partial charge in [0, 0.05) is 22.3 Å². The summed E-state index contributed by atoms with van der Waals surface area (Å²) in [6.07, 6.45) is 2.73. The van der Waals surface area contributed by atoms with E-state index in [0.29, 0.717) is 33.3 Å². The van der Waals surface area contributed by atoms with Crippen molar-refractivity contribution in [3.8, 4) is 5.75 Å². The average molecular weight is 477 g/mol. The summed E-state index contributed by atoms with van der Waals surface area (Å²) in [5.74, 6) is 1.37. The van der Waals surface area contributed by atoms with Gasteiger partial charge in [-0.2, -0.15) is 0 Å². The number of carbonyl (C=O) groups excluding carboxylic acids is 1. The molecular formula is C22H22Cl2N4O2S. The zero-order valence-electron chi connectivity index (χ0n) is 17.0. The molecule has 3 aromatic rings. The number of halogens is 2. The number of ether oxygens (including phenoxy) is 1. The predicted octanol–water partition coefficient (Wildman–Crippen LogP) is 5.64. The molecule has 3 rings (SSSR count). The zero-order chi connectivity index (χ0) is 22.2. The first kappa shape index (κ1) is 23.2. The summed E-state index contributed by atoms with van der Waals surface area (Å²) in [4.78, 5) is 12.3. The molecular weight excluding hydrogens is 455 g/mol. The van der Waals surface area contributed by atoms with Crippen LogP contribution in [0.25, 0.3) is 0 Å². The second-order valence-electron chi connectivity index (χ2n) is 6.58. The number of allylic oxidation sites excluding steroid dienone is 1. The van der Waals surface area contributed by atoms with E-state index in [1.165, 1.54) is 17.3 Å². The van der Waals surface area contributed by atoms with Crippen molar-refractivity contribution < 1.29 is 9.53 Å². The van der Waals surface area contributed by atoms with Gasteiger partial charge in [0.2, 0.25) is 5.91 Å². The standard InChI is InChI=1S/C22H22Cl2N4O2S/c1-3-9-28-20(13-30-19-7-5-15(4-2)6-8-19)26-27-22(28)31-14-21(29)25-18-11-16(23)10-17(24)12-18/h3,5-8,10-12H,1,4,9,13-14H2,2H3,(H,25,29). The Morgan fingerprint density at radius 2 is 1.90 bits per heavy atom. The monoisotopic (exact) mass is 476 g/mol. The highest BCUT2D eigenvalue weighted by Gasteiger charge is 2.14. The lowest BCUT2D eigenvalue weighted by Crippen LogP contribution is -2.15. The normalized spacial score (nSPS) is 10.7. The van der Waals surface area contributed by atoms with Crippen molar-refractivity contribution in [2.24, 2.45) is 0 Å². The molecule has 31 heavy (non-hydrogen) atoms. The molecule has 0 aliphatic carbocycles. The van der Waals surface area contributed by atoms with Crippen LogP contribution in [0.1, 0.15) is 18.3 Å². The number of anilines is 1. The van der Waals surface area contributed by atoms with Gasteiger partial charge in [0.1, 0.15) is 12.4 Å². The number of rotatable bonds is 10. The van der Waals surface area contributed by atoms with E-state index < -0.39 is 0 Å². The quantitative estimate of drug-likeness (QED) is 0.302. The fourth-order valence-corrected chi connectivity index (χ4v) is 4.06. The van der Waals surface area contributed by atoms with Crippen molar-refractivity contribution in [1.29, 1.82) is 0 Å². The van der Waals surface area contributed by atoms with Crippen molar-refractivity contribution in [1.82, 2.24) is 14.8 Å². The van der Waals surface area contributed by atoms with Gasteiger partial charge >= 0.3 is 0 Å². The van der Waals surface area contributed by atoms with Crippen LogP contribution >= 0.6 is 35.0 Å². The van der Waals surface area contributed by atoms with Gasteiger partial charge in [0.05, 0.1) is 5.75 Å². The van der Waals surface area contributed by atoms with E-state index in [0.717, 1.165) is 12.2 Å². The fourth-order valence-electron chi connectivity index (χ4n) is 2.77. The van der Waals surface area contributed by atoms with E-state index >= 15 is 0 Å². The van der Waals surface area contributed by atoms with E-state index in [1.54, 1.807) is 24.3 Å². The van der Waals surface area contributed by atoms with Crippen LogP contribution < -0.4 is 10.1 Å². The van der Waals surface area contributed by atoms with Gasteiger partial charge in [-0.25, -0.2) is 0 Å². The minimum Gasteiger partial charge on any atom is -0.486 e. The average Bonchev–Trinajstić information content (AvgIpc) is 3.12. The van der Waals surface area contributed by atoms with Crippen LogP contribution in [0.3, 0.4) is 0 Å². The fraction of sp³-hybridized carbons (Fsp3) is 0.227. The first-order valence-electron chi connectivity index (χ1n) is 9.62. The maximum absolute atomic E-state index is 12.3. The van der Waals surface area contributed by atoms with Crippen LogP contribution in [0.4, 0.5) is 5.69 Å². The molecule has 9 heteroatoms. The van der Waals surface area contributed by atoms with Gasteiger partial charge in [0.25, 0.3) is 0 Å². The largest absolute Gasteiger partial charge is 0.486 e. The molecule has 2 aromatic carbocycles. The highest BCUT2D eigenvalue weighted by Crippen LogP contribution is 2.24. The van der Waals surface area contributed by atoms with Gasteiger partial charge < -0.3 is 10.1 Å². The SMILES string of the molecule is C=CCn1c(COc2ccc(CC)cc2)nnc1SCC(=O)Nc1cc(Cl)cc(Cl)c1. The van der Waals surface area contributed by atoms with Crippen LogP contribution in [0, 0.1) is 0 Å². The lowest BCUT2D eigenvalue weighted by atomic mass is 10.2. The maximum Gasteiger partial charge on any atom is 0.234 e. The maximum atomic E-state index is 12.3. The zero-order valence-corrected chi connectivity index (χ0v) is 19.3. The molecule has 0 bridgehead atoms. The van der Waals surface area contributed by atoms with Gasteiger partial charge in [-0.05, 0) is 42.3 Å². The second-order valence-corrected chi connectivity index (χ2v) is 8.39. The Kier molecular flexibility index (Phi) is 8.40. The summed E-state index contributed by atoms with van der Waals surface area (Å²) < 4.78 is 7.72. The molecule has 0 saturated heterocycles. The van der Waals surface area contributed by atoms with E-state index in [2.05, 4.69) is 29.0 Å². The Hall–Kier alpha value is -2.48. The molecule has 0 fully saturated rings. The number of thioether (sulfide) groups is 1.